The summed E-state index contributed by atoms with van der Waals surface area (Å²) in [6.07, 6.45) is 2.27. The summed E-state index contributed by atoms with van der Waals surface area (Å²) in [6.45, 7) is 6.98. The van der Waals surface area contributed by atoms with Crippen LogP contribution < -0.4 is 15.4 Å². The summed E-state index contributed by atoms with van der Waals surface area (Å²) < 4.78 is 28.1. The van der Waals surface area contributed by atoms with E-state index in [4.69, 9.17) is 10.7 Å². The monoisotopic (exact) mass is 535 g/mol. The quantitative estimate of drug-likeness (QED) is 0.331. The summed E-state index contributed by atoms with van der Waals surface area (Å²) in [4.78, 5) is 24.0. The average molecular weight is 536 g/mol. The van der Waals surface area contributed by atoms with E-state index < -0.39 is 15.9 Å². The average Bonchev–Trinajstić information content (AvgIpc) is 3.14. The van der Waals surface area contributed by atoms with Crippen LogP contribution in [0.4, 0.5) is 11.6 Å². The molecule has 1 saturated heterocycles. The zero-order chi connectivity index (χ0) is 27.2. The van der Waals surface area contributed by atoms with Gasteiger partial charge in [0, 0.05) is 26.7 Å². The molecule has 10 heteroatoms. The Hall–Kier alpha value is -4.18. The molecule has 0 spiro atoms. The molecule has 1 amide bonds. The molecular formula is C28H33N5O4S. The van der Waals surface area contributed by atoms with Crippen molar-refractivity contribution in [2.75, 3.05) is 17.2 Å². The number of pyridine rings is 2. The van der Waals surface area contributed by atoms with Crippen LogP contribution in [0, 0.1) is 5.92 Å². The molecule has 1 aliphatic rings. The number of fused-ring (bicyclic) bond motifs is 1. The number of nitrogens with one attached hydrogen (secondary N) is 1. The van der Waals surface area contributed by atoms with Crippen LogP contribution in [0.25, 0.3) is 22.0 Å². The highest BCUT2D eigenvalue weighted by molar-refractivity contribution is 7.90. The van der Waals surface area contributed by atoms with Gasteiger partial charge in [-0.15, -0.1) is 0 Å². The molecule has 1 fully saturated rings. The van der Waals surface area contributed by atoms with Gasteiger partial charge in [-0.1, -0.05) is 25.1 Å². The molecule has 0 saturated carbocycles. The Morgan fingerprint density at radius 3 is 2.58 bits per heavy atom. The van der Waals surface area contributed by atoms with E-state index in [0.717, 1.165) is 22.8 Å². The van der Waals surface area contributed by atoms with E-state index in [-0.39, 0.29) is 30.4 Å². The second-order valence-electron chi connectivity index (χ2n) is 10.4. The van der Waals surface area contributed by atoms with Crippen LogP contribution in [0.15, 0.2) is 71.8 Å². The standard InChI is InChI=1S/C28H29N5O4S.2H2/c1-17-15-28(2,3)33(16-17)26-22(27(35)32-38(36,37)24-5-4-12-30-25(24)29)10-11-23(31-26)20-7-6-19-14-21(34)9-8-18(19)13-20;;/h4-14,17,34H,15-16H2,1-3H3,(H2,29,30)(H,32,35);2*1H/t17-;;/m0../s1. The minimum Gasteiger partial charge on any atom is -0.508 e. The number of rotatable bonds is 5. The molecule has 1 aliphatic heterocycles. The summed E-state index contributed by atoms with van der Waals surface area (Å²) in [5, 5.41) is 11.6. The lowest BCUT2D eigenvalue weighted by molar-refractivity contribution is 0.0981. The molecule has 38 heavy (non-hydrogen) atoms. The molecule has 1 atom stereocenters. The maximum atomic E-state index is 13.4. The first-order valence-corrected chi connectivity index (χ1v) is 13.7. The van der Waals surface area contributed by atoms with Crippen molar-refractivity contribution in [3.8, 4) is 17.0 Å². The van der Waals surface area contributed by atoms with E-state index in [1.807, 2.05) is 24.3 Å². The van der Waals surface area contributed by atoms with Crippen LogP contribution in [0.3, 0.4) is 0 Å². The first-order chi connectivity index (χ1) is 17.9. The Morgan fingerprint density at radius 2 is 1.87 bits per heavy atom. The van der Waals surface area contributed by atoms with Crippen molar-refractivity contribution in [2.45, 2.75) is 37.6 Å². The number of nitrogens with zero attached hydrogens (tertiary/aromatic N) is 3. The number of hydrogen-bond acceptors (Lipinski definition) is 8. The molecule has 0 unspecified atom stereocenters. The summed E-state index contributed by atoms with van der Waals surface area (Å²) in [6, 6.07) is 17.0. The van der Waals surface area contributed by atoms with Gasteiger partial charge in [-0.3, -0.25) is 4.79 Å². The molecule has 9 nitrogen and oxygen atoms in total. The number of nitrogens with two attached hydrogens (primary N) is 1. The van der Waals surface area contributed by atoms with E-state index in [1.54, 1.807) is 24.3 Å². The molecule has 3 heterocycles. The Balaban J connectivity index is 0.00000220. The molecule has 2 aromatic carbocycles. The van der Waals surface area contributed by atoms with Crippen molar-refractivity contribution in [3.63, 3.8) is 0 Å². The fourth-order valence-corrected chi connectivity index (χ4v) is 6.26. The smallest absolute Gasteiger partial charge is 0.268 e. The number of hydrogen-bond donors (Lipinski definition) is 3. The fourth-order valence-electron chi connectivity index (χ4n) is 5.21. The van der Waals surface area contributed by atoms with E-state index in [9.17, 15) is 18.3 Å². The van der Waals surface area contributed by atoms with Crippen LogP contribution in [-0.4, -0.2) is 41.5 Å². The molecule has 200 valence electrons. The number of phenols is 1. The summed E-state index contributed by atoms with van der Waals surface area (Å²) >= 11 is 0. The van der Waals surface area contributed by atoms with Gasteiger partial charge in [-0.2, -0.15) is 0 Å². The van der Waals surface area contributed by atoms with Crippen molar-refractivity contribution in [2.24, 2.45) is 5.92 Å². The molecule has 0 radical (unpaired) electrons. The third-order valence-electron chi connectivity index (χ3n) is 6.88. The summed E-state index contributed by atoms with van der Waals surface area (Å²) in [5.74, 6) is -0.0326. The molecule has 2 aromatic heterocycles. The Kier molecular flexibility index (Phi) is 6.22. The third kappa shape index (κ3) is 4.74. The van der Waals surface area contributed by atoms with Gasteiger partial charge in [0.15, 0.2) is 0 Å². The van der Waals surface area contributed by atoms with Gasteiger partial charge in [-0.05, 0) is 79.4 Å². The first kappa shape index (κ1) is 25.5. The number of carbonyl (C=O) groups is 1. The SMILES string of the molecule is C[C@@H]1CN(c2nc(-c3ccc4cc(O)ccc4c3)ccc2C(=O)NS(=O)(=O)c2cccnc2N)C(C)(C)C1.[HH].[HH]. The highest BCUT2D eigenvalue weighted by Crippen LogP contribution is 2.38. The molecule has 0 bridgehead atoms. The van der Waals surface area contributed by atoms with Crippen molar-refractivity contribution in [3.05, 3.63) is 72.4 Å². The predicted octanol–water partition coefficient (Wildman–Crippen LogP) is 4.82. The second-order valence-corrected chi connectivity index (χ2v) is 12.0. The topological polar surface area (TPSA) is 139 Å². The highest BCUT2D eigenvalue weighted by Gasteiger charge is 2.39. The Morgan fingerprint density at radius 1 is 1.13 bits per heavy atom. The van der Waals surface area contributed by atoms with Crippen molar-refractivity contribution in [1.82, 2.24) is 14.7 Å². The van der Waals surface area contributed by atoms with Crippen LogP contribution >= 0.6 is 0 Å². The first-order valence-electron chi connectivity index (χ1n) is 12.2. The summed E-state index contributed by atoms with van der Waals surface area (Å²) in [7, 11) is -4.26. The maximum Gasteiger partial charge on any atom is 0.268 e. The fraction of sp³-hybridized carbons (Fsp3) is 0.250. The maximum absolute atomic E-state index is 13.4. The number of phenolic OH excluding ortho intramolecular Hbond substituents is 1. The van der Waals surface area contributed by atoms with E-state index in [1.165, 1.54) is 18.3 Å². The summed E-state index contributed by atoms with van der Waals surface area (Å²) in [5.41, 5.74) is 7.08. The molecule has 4 aromatic rings. The highest BCUT2D eigenvalue weighted by atomic mass is 32.2. The van der Waals surface area contributed by atoms with Gasteiger partial charge in [0.05, 0.1) is 11.3 Å². The van der Waals surface area contributed by atoms with Crippen LogP contribution in [0.1, 0.15) is 40.4 Å². The lowest BCUT2D eigenvalue weighted by atomic mass is 9.97. The van der Waals surface area contributed by atoms with Gasteiger partial charge in [0.25, 0.3) is 15.9 Å². The number of carbonyl (C=O) groups excluding carboxylic acids is 1. The minimum atomic E-state index is -4.26. The van der Waals surface area contributed by atoms with Crippen molar-refractivity contribution >= 4 is 38.3 Å². The molecule has 4 N–H and O–H groups in total. The Labute approximate surface area is 224 Å². The van der Waals surface area contributed by atoms with Gasteiger partial charge in [0.2, 0.25) is 0 Å². The van der Waals surface area contributed by atoms with Crippen molar-refractivity contribution < 1.29 is 21.2 Å². The van der Waals surface area contributed by atoms with Crippen LogP contribution in [-0.2, 0) is 10.0 Å². The van der Waals surface area contributed by atoms with Gasteiger partial charge in [-0.25, -0.2) is 23.1 Å². The molecular weight excluding hydrogens is 502 g/mol. The van der Waals surface area contributed by atoms with Crippen molar-refractivity contribution in [1.29, 1.82) is 0 Å². The van der Waals surface area contributed by atoms with Gasteiger partial charge < -0.3 is 15.7 Å². The number of sulfonamides is 1. The number of aromatic hydroxyl groups is 1. The lowest BCUT2D eigenvalue weighted by Crippen LogP contribution is -2.41. The third-order valence-corrected chi connectivity index (χ3v) is 8.26. The largest absolute Gasteiger partial charge is 0.508 e. The zero-order valence-electron chi connectivity index (χ0n) is 21.3. The number of amides is 1. The predicted molar refractivity (Wildman–Crippen MR) is 152 cm³/mol. The van der Waals surface area contributed by atoms with Crippen LogP contribution in [0.5, 0.6) is 5.75 Å². The lowest BCUT2D eigenvalue weighted by Gasteiger charge is -2.34. The van der Waals surface area contributed by atoms with E-state index in [0.29, 0.717) is 24.0 Å². The second kappa shape index (κ2) is 9.29. The molecule has 0 aliphatic carbocycles. The van der Waals surface area contributed by atoms with E-state index in [2.05, 4.69) is 35.4 Å². The van der Waals surface area contributed by atoms with Gasteiger partial charge in [0.1, 0.15) is 22.3 Å². The zero-order valence-corrected chi connectivity index (χ0v) is 22.2. The van der Waals surface area contributed by atoms with Gasteiger partial charge >= 0.3 is 0 Å². The number of benzene rings is 2. The minimum absolute atomic E-state index is 0. The van der Waals surface area contributed by atoms with Crippen LogP contribution in [0.2, 0.25) is 0 Å². The Bertz CT molecular complexity index is 1680. The normalized spacial score (nSPS) is 17.0. The van der Waals surface area contributed by atoms with E-state index >= 15 is 0 Å². The molecule has 5 rings (SSSR count). The number of aromatic nitrogens is 2. The number of nitrogen functional groups attached to an aromatic ring is 1. The number of anilines is 2.